The van der Waals surface area contributed by atoms with Crippen molar-refractivity contribution < 1.29 is 19.5 Å². The summed E-state index contributed by atoms with van der Waals surface area (Å²) >= 11 is 0. The molecule has 0 aromatic carbocycles. The molecule has 3 N–H and O–H groups in total. The molecule has 1 saturated carbocycles. The first-order valence-corrected chi connectivity index (χ1v) is 7.00. The van der Waals surface area contributed by atoms with Gasteiger partial charge < -0.3 is 15.7 Å². The zero-order valence-electron chi connectivity index (χ0n) is 12.4. The van der Waals surface area contributed by atoms with Crippen LogP contribution < -0.4 is 10.6 Å². The van der Waals surface area contributed by atoms with Crippen LogP contribution in [0.15, 0.2) is 0 Å². The number of carboxylic acid groups (broad SMARTS) is 1. The van der Waals surface area contributed by atoms with E-state index in [1.807, 2.05) is 0 Å². The number of amides is 2. The monoisotopic (exact) mass is 284 g/mol. The molecule has 0 radical (unpaired) electrons. The molecule has 0 unspecified atom stereocenters. The zero-order chi connectivity index (χ0) is 15.3. The van der Waals surface area contributed by atoms with Gasteiger partial charge in [-0.1, -0.05) is 0 Å². The van der Waals surface area contributed by atoms with Crippen molar-refractivity contribution in [2.45, 2.75) is 39.5 Å². The second-order valence-electron chi connectivity index (χ2n) is 6.07. The van der Waals surface area contributed by atoms with Crippen molar-refractivity contribution >= 4 is 17.8 Å². The van der Waals surface area contributed by atoms with E-state index in [0.29, 0.717) is 25.7 Å². The third-order valence-corrected chi connectivity index (χ3v) is 3.99. The lowest BCUT2D eigenvalue weighted by Gasteiger charge is -2.27. The van der Waals surface area contributed by atoms with Gasteiger partial charge in [-0.2, -0.15) is 0 Å². The van der Waals surface area contributed by atoms with Crippen LogP contribution in [0, 0.1) is 17.3 Å². The van der Waals surface area contributed by atoms with Crippen molar-refractivity contribution in [2.24, 2.45) is 17.3 Å². The van der Waals surface area contributed by atoms with Crippen LogP contribution in [0.2, 0.25) is 0 Å². The second kappa shape index (κ2) is 6.72. The van der Waals surface area contributed by atoms with Crippen molar-refractivity contribution in [1.29, 1.82) is 0 Å². The summed E-state index contributed by atoms with van der Waals surface area (Å²) in [5.41, 5.74) is -0.650. The number of nitrogens with one attached hydrogen (secondary N) is 2. The summed E-state index contributed by atoms with van der Waals surface area (Å²) in [5, 5.41) is 14.3. The molecule has 6 heteroatoms. The third-order valence-electron chi connectivity index (χ3n) is 3.99. The van der Waals surface area contributed by atoms with E-state index in [2.05, 4.69) is 10.6 Å². The molecule has 1 rings (SSSR count). The Hall–Kier alpha value is -1.59. The molecule has 0 saturated heterocycles. The molecule has 114 valence electrons. The van der Waals surface area contributed by atoms with E-state index >= 15 is 0 Å². The molecule has 0 aromatic rings. The zero-order valence-corrected chi connectivity index (χ0v) is 12.4. The van der Waals surface area contributed by atoms with E-state index < -0.39 is 11.4 Å². The first kappa shape index (κ1) is 16.5. The Balaban J connectivity index is 2.41. The second-order valence-corrected chi connectivity index (χ2v) is 6.07. The van der Waals surface area contributed by atoms with Gasteiger partial charge in [0.2, 0.25) is 11.8 Å². The number of carbonyl (C=O) groups is 3. The molecular formula is C14H24N2O4. The number of aliphatic carboxylic acids is 1. The molecule has 0 aromatic heterocycles. The van der Waals surface area contributed by atoms with Gasteiger partial charge in [-0.05, 0) is 39.5 Å². The molecule has 1 fully saturated rings. The quantitative estimate of drug-likeness (QED) is 0.694. The Morgan fingerprint density at radius 1 is 1.10 bits per heavy atom. The summed E-state index contributed by atoms with van der Waals surface area (Å²) in [7, 11) is 1.57. The Labute approximate surface area is 119 Å². The van der Waals surface area contributed by atoms with Crippen LogP contribution in [0.3, 0.4) is 0 Å². The average molecular weight is 284 g/mol. The van der Waals surface area contributed by atoms with Crippen LogP contribution in [0.1, 0.15) is 39.5 Å². The fourth-order valence-electron chi connectivity index (χ4n) is 2.47. The first-order valence-electron chi connectivity index (χ1n) is 7.00. The summed E-state index contributed by atoms with van der Waals surface area (Å²) in [6, 6.07) is 0. The first-order chi connectivity index (χ1) is 9.27. The van der Waals surface area contributed by atoms with E-state index in [0.717, 1.165) is 0 Å². The van der Waals surface area contributed by atoms with Gasteiger partial charge in [0.05, 0.1) is 11.3 Å². The maximum Gasteiger partial charge on any atom is 0.306 e. The van der Waals surface area contributed by atoms with E-state index in [9.17, 15) is 14.4 Å². The van der Waals surface area contributed by atoms with Crippen LogP contribution in [-0.2, 0) is 14.4 Å². The number of hydrogen-bond acceptors (Lipinski definition) is 3. The van der Waals surface area contributed by atoms with E-state index in [4.69, 9.17) is 5.11 Å². The summed E-state index contributed by atoms with van der Waals surface area (Å²) in [6.45, 7) is 3.82. The highest BCUT2D eigenvalue weighted by molar-refractivity contribution is 5.84. The maximum absolute atomic E-state index is 12.0. The van der Waals surface area contributed by atoms with Crippen LogP contribution >= 0.6 is 0 Å². The molecule has 20 heavy (non-hydrogen) atoms. The van der Waals surface area contributed by atoms with Gasteiger partial charge in [0.15, 0.2) is 0 Å². The van der Waals surface area contributed by atoms with E-state index in [1.165, 1.54) is 0 Å². The van der Waals surface area contributed by atoms with Crippen LogP contribution in [-0.4, -0.2) is 36.5 Å². The Morgan fingerprint density at radius 3 is 2.05 bits per heavy atom. The highest BCUT2D eigenvalue weighted by Gasteiger charge is 2.32. The highest BCUT2D eigenvalue weighted by atomic mass is 16.4. The molecule has 0 atom stereocenters. The fraction of sp³-hybridized carbons (Fsp3) is 0.786. The smallest absolute Gasteiger partial charge is 0.306 e. The summed E-state index contributed by atoms with van der Waals surface area (Å²) in [6.07, 6.45) is 2.30. The Morgan fingerprint density at radius 2 is 1.60 bits per heavy atom. The molecule has 0 bridgehead atoms. The third kappa shape index (κ3) is 4.21. The largest absolute Gasteiger partial charge is 0.481 e. The van der Waals surface area contributed by atoms with Gasteiger partial charge in [-0.15, -0.1) is 0 Å². The lowest BCUT2D eigenvalue weighted by Crippen LogP contribution is -2.45. The number of rotatable bonds is 5. The predicted octanol–water partition coefficient (Wildman–Crippen LogP) is 0.766. The maximum atomic E-state index is 12.0. The minimum atomic E-state index is -0.774. The Bertz CT molecular complexity index is 385. The molecule has 0 spiro atoms. The van der Waals surface area contributed by atoms with E-state index in [-0.39, 0.29) is 30.2 Å². The minimum Gasteiger partial charge on any atom is -0.481 e. The molecule has 1 aliphatic carbocycles. The summed E-state index contributed by atoms with van der Waals surface area (Å²) < 4.78 is 0. The van der Waals surface area contributed by atoms with Gasteiger partial charge in [0.25, 0.3) is 0 Å². The minimum absolute atomic E-state index is 0.0779. The van der Waals surface area contributed by atoms with Crippen LogP contribution in [0.25, 0.3) is 0 Å². The average Bonchev–Trinajstić information content (AvgIpc) is 2.43. The molecular weight excluding hydrogens is 260 g/mol. The van der Waals surface area contributed by atoms with E-state index in [1.54, 1.807) is 20.9 Å². The van der Waals surface area contributed by atoms with Gasteiger partial charge in [-0.25, -0.2) is 0 Å². The lowest BCUT2D eigenvalue weighted by atomic mass is 9.81. The molecule has 1 aliphatic rings. The van der Waals surface area contributed by atoms with Gasteiger partial charge in [-0.3, -0.25) is 14.4 Å². The van der Waals surface area contributed by atoms with Crippen molar-refractivity contribution in [3.63, 3.8) is 0 Å². The fourth-order valence-corrected chi connectivity index (χ4v) is 2.47. The SMILES string of the molecule is CNC(=O)C(C)(C)CNC(=O)C1CCC(C(=O)O)CC1. The predicted molar refractivity (Wildman–Crippen MR) is 73.9 cm³/mol. The lowest BCUT2D eigenvalue weighted by molar-refractivity contribution is -0.144. The van der Waals surface area contributed by atoms with Crippen molar-refractivity contribution in [3.05, 3.63) is 0 Å². The molecule has 6 nitrogen and oxygen atoms in total. The normalized spacial score (nSPS) is 22.9. The highest BCUT2D eigenvalue weighted by Crippen LogP contribution is 2.29. The van der Waals surface area contributed by atoms with Gasteiger partial charge in [0, 0.05) is 19.5 Å². The summed E-state index contributed by atoms with van der Waals surface area (Å²) in [5.74, 6) is -1.42. The number of carbonyl (C=O) groups excluding carboxylic acids is 2. The summed E-state index contributed by atoms with van der Waals surface area (Å²) in [4.78, 5) is 34.5. The Kier molecular flexibility index (Phi) is 5.53. The van der Waals surface area contributed by atoms with Crippen molar-refractivity contribution in [1.82, 2.24) is 10.6 Å². The topological polar surface area (TPSA) is 95.5 Å². The molecule has 0 heterocycles. The number of carboxylic acids is 1. The van der Waals surface area contributed by atoms with Gasteiger partial charge in [0.1, 0.15) is 0 Å². The standard InChI is InChI=1S/C14H24N2O4/c1-14(2,13(20)15-3)8-16-11(17)9-4-6-10(7-5-9)12(18)19/h9-10H,4-8H2,1-3H3,(H,15,20)(H,16,17)(H,18,19). The number of hydrogen-bond donors (Lipinski definition) is 3. The molecule has 0 aliphatic heterocycles. The van der Waals surface area contributed by atoms with Crippen LogP contribution in [0.4, 0.5) is 0 Å². The van der Waals surface area contributed by atoms with Crippen LogP contribution in [0.5, 0.6) is 0 Å². The van der Waals surface area contributed by atoms with Gasteiger partial charge >= 0.3 is 5.97 Å². The molecule has 2 amide bonds. The van der Waals surface area contributed by atoms with Crippen molar-refractivity contribution in [2.75, 3.05) is 13.6 Å². The van der Waals surface area contributed by atoms with Crippen molar-refractivity contribution in [3.8, 4) is 0 Å².